The van der Waals surface area contributed by atoms with E-state index in [9.17, 15) is 19.5 Å². The fourth-order valence-electron chi connectivity index (χ4n) is 4.26. The van der Waals surface area contributed by atoms with Crippen molar-refractivity contribution >= 4 is 23.7 Å². The summed E-state index contributed by atoms with van der Waals surface area (Å²) < 4.78 is 5.52. The quantitative estimate of drug-likeness (QED) is 0.442. The lowest BCUT2D eigenvalue weighted by molar-refractivity contribution is -0.142. The van der Waals surface area contributed by atoms with Crippen molar-refractivity contribution in [1.29, 1.82) is 0 Å². The van der Waals surface area contributed by atoms with Gasteiger partial charge in [-0.05, 0) is 40.3 Å². The highest BCUT2D eigenvalue weighted by Gasteiger charge is 2.29. The standard InChI is InChI=1S/C27H27N3O5/c1-16(2)22(26(32)33)14-29-25(31)24-12-11-17(13-28-24)30-27(34)35-15-23-20-9-5-3-7-18(20)19-8-4-6-10-21(19)23/h3-13,16,22-23H,14-15H2,1-2H3,(H,29,31)(H,30,34)(H,32,33). The molecule has 35 heavy (non-hydrogen) atoms. The summed E-state index contributed by atoms with van der Waals surface area (Å²) in [5.41, 5.74) is 5.05. The molecule has 1 heterocycles. The molecular weight excluding hydrogens is 446 g/mol. The Morgan fingerprint density at radius 3 is 2.14 bits per heavy atom. The molecule has 2 amide bonds. The molecule has 1 aliphatic carbocycles. The van der Waals surface area contributed by atoms with Gasteiger partial charge in [0.25, 0.3) is 5.91 Å². The molecule has 8 heteroatoms. The van der Waals surface area contributed by atoms with Crippen molar-refractivity contribution in [3.05, 3.63) is 83.7 Å². The zero-order valence-corrected chi connectivity index (χ0v) is 19.5. The van der Waals surface area contributed by atoms with Crippen LogP contribution in [0.15, 0.2) is 66.9 Å². The molecule has 3 N–H and O–H groups in total. The number of carbonyl (C=O) groups excluding carboxylic acids is 2. The molecule has 1 atom stereocenters. The van der Waals surface area contributed by atoms with E-state index in [4.69, 9.17) is 4.74 Å². The van der Waals surface area contributed by atoms with Crippen molar-refractivity contribution in [3.63, 3.8) is 0 Å². The lowest BCUT2D eigenvalue weighted by atomic mass is 9.96. The van der Waals surface area contributed by atoms with E-state index in [0.717, 1.165) is 22.3 Å². The Morgan fingerprint density at radius 2 is 1.60 bits per heavy atom. The molecule has 3 aromatic rings. The first kappa shape index (κ1) is 23.9. The first-order chi connectivity index (χ1) is 16.8. The first-order valence-corrected chi connectivity index (χ1v) is 11.4. The van der Waals surface area contributed by atoms with E-state index in [1.807, 2.05) is 24.3 Å². The van der Waals surface area contributed by atoms with Crippen molar-refractivity contribution < 1.29 is 24.2 Å². The average Bonchev–Trinajstić information content (AvgIpc) is 3.16. The average molecular weight is 474 g/mol. The van der Waals surface area contributed by atoms with Gasteiger partial charge in [-0.2, -0.15) is 0 Å². The van der Waals surface area contributed by atoms with Crippen LogP contribution < -0.4 is 10.6 Å². The molecule has 0 bridgehead atoms. The van der Waals surface area contributed by atoms with Crippen LogP contribution in [0.3, 0.4) is 0 Å². The highest BCUT2D eigenvalue weighted by Crippen LogP contribution is 2.44. The van der Waals surface area contributed by atoms with Crippen molar-refractivity contribution in [3.8, 4) is 11.1 Å². The second-order valence-electron chi connectivity index (χ2n) is 8.78. The van der Waals surface area contributed by atoms with Crippen LogP contribution in [0.5, 0.6) is 0 Å². The number of carbonyl (C=O) groups is 3. The van der Waals surface area contributed by atoms with Crippen LogP contribution in [0, 0.1) is 11.8 Å². The van der Waals surface area contributed by atoms with Crippen LogP contribution in [-0.4, -0.2) is 41.2 Å². The third-order valence-electron chi connectivity index (χ3n) is 6.19. The van der Waals surface area contributed by atoms with Crippen LogP contribution >= 0.6 is 0 Å². The second kappa shape index (κ2) is 10.4. The van der Waals surface area contributed by atoms with Crippen molar-refractivity contribution in [1.82, 2.24) is 10.3 Å². The number of benzene rings is 2. The number of nitrogens with zero attached hydrogens (tertiary/aromatic N) is 1. The normalized spacial score (nSPS) is 13.0. The van der Waals surface area contributed by atoms with Crippen molar-refractivity contribution in [2.75, 3.05) is 18.5 Å². The number of nitrogens with one attached hydrogen (secondary N) is 2. The van der Waals surface area contributed by atoms with E-state index in [-0.39, 0.29) is 30.7 Å². The Balaban J connectivity index is 1.32. The van der Waals surface area contributed by atoms with Gasteiger partial charge in [0.1, 0.15) is 12.3 Å². The number of hydrogen-bond donors (Lipinski definition) is 3. The molecule has 0 radical (unpaired) electrons. The second-order valence-corrected chi connectivity index (χ2v) is 8.78. The van der Waals surface area contributed by atoms with Gasteiger partial charge in [0.15, 0.2) is 0 Å². The molecule has 1 aliphatic rings. The fraction of sp³-hybridized carbons (Fsp3) is 0.259. The molecule has 0 saturated heterocycles. The lowest BCUT2D eigenvalue weighted by Crippen LogP contribution is -2.35. The number of aromatic nitrogens is 1. The van der Waals surface area contributed by atoms with Crippen LogP contribution in [-0.2, 0) is 9.53 Å². The monoisotopic (exact) mass is 473 g/mol. The third-order valence-corrected chi connectivity index (χ3v) is 6.19. The molecule has 0 fully saturated rings. The van der Waals surface area contributed by atoms with Gasteiger partial charge in [-0.1, -0.05) is 62.4 Å². The Morgan fingerprint density at radius 1 is 0.971 bits per heavy atom. The van der Waals surface area contributed by atoms with E-state index in [0.29, 0.717) is 5.69 Å². The molecule has 2 aromatic carbocycles. The summed E-state index contributed by atoms with van der Waals surface area (Å²) in [6.45, 7) is 3.77. The number of hydrogen-bond acceptors (Lipinski definition) is 5. The Hall–Kier alpha value is -4.20. The van der Waals surface area contributed by atoms with Crippen molar-refractivity contribution in [2.45, 2.75) is 19.8 Å². The number of carboxylic acids is 1. The van der Waals surface area contributed by atoms with E-state index in [1.54, 1.807) is 19.9 Å². The maximum atomic E-state index is 12.4. The maximum absolute atomic E-state index is 12.4. The number of anilines is 1. The molecular formula is C27H27N3O5. The molecule has 1 aromatic heterocycles. The van der Waals surface area contributed by atoms with Gasteiger partial charge in [0, 0.05) is 12.5 Å². The van der Waals surface area contributed by atoms with Crippen molar-refractivity contribution in [2.24, 2.45) is 11.8 Å². The predicted molar refractivity (Wildman–Crippen MR) is 131 cm³/mol. The third kappa shape index (κ3) is 5.32. The number of aliphatic carboxylic acids is 1. The maximum Gasteiger partial charge on any atom is 0.411 e. The summed E-state index contributed by atoms with van der Waals surface area (Å²) in [4.78, 5) is 40.1. The van der Waals surface area contributed by atoms with E-state index in [2.05, 4.69) is 39.9 Å². The van der Waals surface area contributed by atoms with E-state index < -0.39 is 23.9 Å². The molecule has 0 spiro atoms. The molecule has 0 saturated carbocycles. The minimum absolute atomic E-state index is 0.00721. The zero-order chi connectivity index (χ0) is 24.9. The predicted octanol–water partition coefficient (Wildman–Crippen LogP) is 4.53. The summed E-state index contributed by atoms with van der Waals surface area (Å²) >= 11 is 0. The van der Waals surface area contributed by atoms with Gasteiger partial charge in [-0.25, -0.2) is 9.78 Å². The summed E-state index contributed by atoms with van der Waals surface area (Å²) in [5, 5.41) is 14.5. The molecule has 4 rings (SSSR count). The van der Waals surface area contributed by atoms with E-state index >= 15 is 0 Å². The van der Waals surface area contributed by atoms with Gasteiger partial charge in [-0.15, -0.1) is 0 Å². The van der Waals surface area contributed by atoms with Gasteiger partial charge in [0.05, 0.1) is 17.8 Å². The van der Waals surface area contributed by atoms with Crippen LogP contribution in [0.1, 0.15) is 41.4 Å². The number of carboxylic acid groups (broad SMARTS) is 1. The molecule has 1 unspecified atom stereocenters. The summed E-state index contributed by atoms with van der Waals surface area (Å²) in [7, 11) is 0. The van der Waals surface area contributed by atoms with Crippen LogP contribution in [0.2, 0.25) is 0 Å². The SMILES string of the molecule is CC(C)C(CNC(=O)c1ccc(NC(=O)OCC2c3ccccc3-c3ccccc32)cn1)C(=O)O. The number of pyridine rings is 1. The number of ether oxygens (including phenoxy) is 1. The first-order valence-electron chi connectivity index (χ1n) is 11.4. The van der Waals surface area contributed by atoms with E-state index in [1.165, 1.54) is 12.3 Å². The van der Waals surface area contributed by atoms with Crippen LogP contribution in [0.4, 0.5) is 10.5 Å². The minimum atomic E-state index is -0.962. The van der Waals surface area contributed by atoms with Crippen LogP contribution in [0.25, 0.3) is 11.1 Å². The number of rotatable bonds is 8. The fourth-order valence-corrected chi connectivity index (χ4v) is 4.26. The Kier molecular flexibility index (Phi) is 7.10. The highest BCUT2D eigenvalue weighted by molar-refractivity contribution is 5.93. The molecule has 180 valence electrons. The highest BCUT2D eigenvalue weighted by atomic mass is 16.5. The summed E-state index contributed by atoms with van der Waals surface area (Å²) in [6, 6.07) is 19.2. The zero-order valence-electron chi connectivity index (χ0n) is 19.5. The van der Waals surface area contributed by atoms with Gasteiger partial charge >= 0.3 is 12.1 Å². The summed E-state index contributed by atoms with van der Waals surface area (Å²) in [6.07, 6.45) is 0.736. The smallest absolute Gasteiger partial charge is 0.411 e. The summed E-state index contributed by atoms with van der Waals surface area (Å²) in [5.74, 6) is -2.30. The molecule has 8 nitrogen and oxygen atoms in total. The topological polar surface area (TPSA) is 118 Å². The largest absolute Gasteiger partial charge is 0.481 e. The lowest BCUT2D eigenvalue weighted by Gasteiger charge is -2.16. The number of fused-ring (bicyclic) bond motifs is 3. The van der Waals surface area contributed by atoms with Gasteiger partial charge in [-0.3, -0.25) is 14.9 Å². The molecule has 0 aliphatic heterocycles. The minimum Gasteiger partial charge on any atom is -0.481 e. The van der Waals surface area contributed by atoms with Gasteiger partial charge < -0.3 is 15.2 Å². The Bertz CT molecular complexity index is 1190. The Labute approximate surface area is 203 Å². The number of amides is 2. The van der Waals surface area contributed by atoms with Gasteiger partial charge in [0.2, 0.25) is 0 Å².